The van der Waals surface area contributed by atoms with Crippen LogP contribution < -0.4 is 0 Å². The molecule has 0 N–H and O–H groups in total. The Morgan fingerprint density at radius 2 is 2.29 bits per heavy atom. The molecule has 1 unspecified atom stereocenters. The van der Waals surface area contributed by atoms with Gasteiger partial charge in [0.05, 0.1) is 0 Å². The summed E-state index contributed by atoms with van der Waals surface area (Å²) in [7, 11) is 1.32. The third kappa shape index (κ3) is 2.70. The zero-order valence-electron chi connectivity index (χ0n) is 9.73. The molecular formula is C13H15FNO2-. The molecule has 92 valence electrons. The summed E-state index contributed by atoms with van der Waals surface area (Å²) in [6, 6.07) is 4.17. The molecule has 1 aromatic carbocycles. The number of rotatable bonds is 5. The van der Waals surface area contributed by atoms with Crippen LogP contribution in [0.1, 0.15) is 42.3 Å². The fraction of sp³-hybridized carbons (Fsp3) is 0.462. The summed E-state index contributed by atoms with van der Waals surface area (Å²) < 4.78 is 13.7. The molecule has 0 amide bonds. The number of hydrogen-bond donors (Lipinski definition) is 0. The highest BCUT2D eigenvalue weighted by molar-refractivity contribution is 5.52. The predicted octanol–water partition coefficient (Wildman–Crippen LogP) is 2.76. The van der Waals surface area contributed by atoms with Crippen LogP contribution >= 0.6 is 0 Å². The summed E-state index contributed by atoms with van der Waals surface area (Å²) in [6.45, 7) is 0. The molecule has 1 aliphatic carbocycles. The van der Waals surface area contributed by atoms with Crippen molar-refractivity contribution < 1.29 is 9.18 Å². The van der Waals surface area contributed by atoms with Crippen molar-refractivity contribution in [2.24, 2.45) is 0 Å². The number of nitrogens with zero attached hydrogens (tertiary/aromatic N) is 1. The van der Waals surface area contributed by atoms with Crippen molar-refractivity contribution in [3.05, 3.63) is 40.4 Å². The third-order valence-electron chi connectivity index (χ3n) is 3.19. The molecule has 0 aliphatic heterocycles. The van der Waals surface area contributed by atoms with E-state index in [0.29, 0.717) is 22.8 Å². The van der Waals surface area contributed by atoms with Crippen molar-refractivity contribution in [2.45, 2.75) is 31.2 Å². The van der Waals surface area contributed by atoms with Gasteiger partial charge < -0.3 is 15.1 Å². The van der Waals surface area contributed by atoms with E-state index in [0.717, 1.165) is 18.4 Å². The molecule has 0 bridgehead atoms. The molecule has 3 nitrogen and oxygen atoms in total. The Bertz CT molecular complexity index is 416. The van der Waals surface area contributed by atoms with Gasteiger partial charge in [0.15, 0.2) is 0 Å². The van der Waals surface area contributed by atoms with Crippen molar-refractivity contribution in [1.82, 2.24) is 5.06 Å². The zero-order valence-corrected chi connectivity index (χ0v) is 9.73. The maximum absolute atomic E-state index is 13.7. The molecule has 0 saturated heterocycles. The maximum Gasteiger partial charge on any atom is 0.127 e. The first-order chi connectivity index (χ1) is 8.13. The van der Waals surface area contributed by atoms with E-state index in [4.69, 9.17) is 0 Å². The summed E-state index contributed by atoms with van der Waals surface area (Å²) in [4.78, 5) is 10.5. The van der Waals surface area contributed by atoms with Gasteiger partial charge in [0, 0.05) is 18.0 Å². The van der Waals surface area contributed by atoms with Gasteiger partial charge in [-0.3, -0.25) is 0 Å². The Balaban J connectivity index is 2.32. The van der Waals surface area contributed by atoms with Crippen LogP contribution in [0.15, 0.2) is 18.2 Å². The first-order valence-corrected chi connectivity index (χ1v) is 5.76. The summed E-state index contributed by atoms with van der Waals surface area (Å²) in [6.07, 6.45) is 2.92. The lowest BCUT2D eigenvalue weighted by molar-refractivity contribution is -0.108. The van der Waals surface area contributed by atoms with Crippen molar-refractivity contribution in [1.29, 1.82) is 0 Å². The third-order valence-corrected chi connectivity index (χ3v) is 3.19. The maximum atomic E-state index is 13.7. The van der Waals surface area contributed by atoms with E-state index in [9.17, 15) is 14.4 Å². The van der Waals surface area contributed by atoms with E-state index in [1.807, 2.05) is 0 Å². The zero-order chi connectivity index (χ0) is 12.4. The Labute approximate surface area is 99.8 Å². The Kier molecular flexibility index (Phi) is 3.54. The second kappa shape index (κ2) is 4.94. The first kappa shape index (κ1) is 12.2. The number of halogens is 1. The van der Waals surface area contributed by atoms with Gasteiger partial charge in [0.25, 0.3) is 0 Å². The molecule has 0 radical (unpaired) electrons. The SMILES string of the molecule is CN([O-])C(CC=O)c1cc(C2CC2)ccc1F. The van der Waals surface area contributed by atoms with Gasteiger partial charge in [-0.25, -0.2) is 4.39 Å². The quantitative estimate of drug-likeness (QED) is 0.583. The van der Waals surface area contributed by atoms with Crippen molar-refractivity contribution in [2.75, 3.05) is 7.05 Å². The summed E-state index contributed by atoms with van der Waals surface area (Å²) in [5.74, 6) is 0.0899. The predicted molar refractivity (Wildman–Crippen MR) is 62.9 cm³/mol. The van der Waals surface area contributed by atoms with Gasteiger partial charge in [0.2, 0.25) is 0 Å². The first-order valence-electron chi connectivity index (χ1n) is 5.76. The minimum Gasteiger partial charge on any atom is -0.785 e. The molecule has 1 atom stereocenters. The molecule has 1 saturated carbocycles. The van der Waals surface area contributed by atoms with Gasteiger partial charge in [0.1, 0.15) is 12.1 Å². The summed E-state index contributed by atoms with van der Waals surface area (Å²) >= 11 is 0. The van der Waals surface area contributed by atoms with Gasteiger partial charge in [-0.15, -0.1) is 0 Å². The van der Waals surface area contributed by atoms with Crippen molar-refractivity contribution in [3.8, 4) is 0 Å². The standard InChI is InChI=1S/C13H15FNO2/c1-15(17)13(6-7-16)11-8-10(9-2-3-9)4-5-12(11)14/h4-5,7-9,13H,2-3,6H2,1H3/q-1. The molecule has 1 aliphatic rings. The fourth-order valence-corrected chi connectivity index (χ4v) is 2.05. The van der Waals surface area contributed by atoms with Crippen LogP contribution in [0.5, 0.6) is 0 Å². The van der Waals surface area contributed by atoms with Crippen LogP contribution in [0.2, 0.25) is 0 Å². The molecule has 1 fully saturated rings. The highest BCUT2D eigenvalue weighted by Gasteiger charge is 2.25. The number of hydrogen-bond acceptors (Lipinski definition) is 3. The Hall–Kier alpha value is -1.26. The average molecular weight is 236 g/mol. The number of aldehydes is 1. The number of carbonyl (C=O) groups excluding carboxylic acids is 1. The van der Waals surface area contributed by atoms with Crippen LogP contribution in [-0.4, -0.2) is 18.4 Å². The lowest BCUT2D eigenvalue weighted by atomic mass is 9.99. The van der Waals surface area contributed by atoms with Gasteiger partial charge in [-0.1, -0.05) is 12.1 Å². The molecule has 1 aromatic rings. The Morgan fingerprint density at radius 3 is 2.82 bits per heavy atom. The summed E-state index contributed by atoms with van der Waals surface area (Å²) in [5.41, 5.74) is 1.40. The highest BCUT2D eigenvalue weighted by Crippen LogP contribution is 2.41. The second-order valence-electron chi connectivity index (χ2n) is 4.52. The lowest BCUT2D eigenvalue weighted by Gasteiger charge is -2.32. The molecule has 0 aromatic heterocycles. The molecule has 4 heteroatoms. The van der Waals surface area contributed by atoms with Gasteiger partial charge in [-0.2, -0.15) is 0 Å². The van der Waals surface area contributed by atoms with Crippen molar-refractivity contribution >= 4 is 6.29 Å². The monoisotopic (exact) mass is 236 g/mol. The van der Waals surface area contributed by atoms with Gasteiger partial charge >= 0.3 is 0 Å². The van der Waals surface area contributed by atoms with Crippen LogP contribution in [0, 0.1) is 11.0 Å². The van der Waals surface area contributed by atoms with E-state index >= 15 is 0 Å². The largest absolute Gasteiger partial charge is 0.785 e. The normalized spacial score (nSPS) is 17.2. The molecular weight excluding hydrogens is 221 g/mol. The topological polar surface area (TPSA) is 43.4 Å². The van der Waals surface area contributed by atoms with Crippen LogP contribution in [0.25, 0.3) is 0 Å². The number of hydroxylamine groups is 2. The fourth-order valence-electron chi connectivity index (χ4n) is 2.05. The Morgan fingerprint density at radius 1 is 1.59 bits per heavy atom. The number of carbonyl (C=O) groups is 1. The van der Waals surface area contributed by atoms with Crippen LogP contribution in [0.4, 0.5) is 4.39 Å². The molecule has 0 spiro atoms. The van der Waals surface area contributed by atoms with Crippen molar-refractivity contribution in [3.63, 3.8) is 0 Å². The smallest absolute Gasteiger partial charge is 0.127 e. The van der Waals surface area contributed by atoms with E-state index in [-0.39, 0.29) is 6.42 Å². The molecule has 17 heavy (non-hydrogen) atoms. The van der Waals surface area contributed by atoms with E-state index in [1.165, 1.54) is 13.1 Å². The van der Waals surface area contributed by atoms with E-state index in [1.54, 1.807) is 12.1 Å². The molecule has 0 heterocycles. The molecule has 2 rings (SSSR count). The van der Waals surface area contributed by atoms with E-state index < -0.39 is 11.9 Å². The second-order valence-corrected chi connectivity index (χ2v) is 4.52. The highest BCUT2D eigenvalue weighted by atomic mass is 19.1. The van der Waals surface area contributed by atoms with Crippen LogP contribution in [-0.2, 0) is 4.79 Å². The van der Waals surface area contributed by atoms with Gasteiger partial charge in [-0.05, 0) is 37.4 Å². The summed E-state index contributed by atoms with van der Waals surface area (Å²) in [5, 5.41) is 12.0. The minimum atomic E-state index is -0.716. The average Bonchev–Trinajstić information content (AvgIpc) is 3.10. The van der Waals surface area contributed by atoms with Crippen LogP contribution in [0.3, 0.4) is 0 Å². The minimum absolute atomic E-state index is 0.0189. The van der Waals surface area contributed by atoms with E-state index in [2.05, 4.69) is 0 Å². The lowest BCUT2D eigenvalue weighted by Crippen LogP contribution is -2.20. The number of benzene rings is 1.